The summed E-state index contributed by atoms with van der Waals surface area (Å²) in [6, 6.07) is 13.5. The standard InChI is InChI=1S/C28H41N3O/c1-27(2)13-14-28(3,4)24-21-22(11-12-23(24)27)25-9-8-10-26(29-25)31-18-16-30(17-19-31)15-6-5-7-20-32/h8-12,21,32H,5-7,13-20H2,1-4H3. The van der Waals surface area contributed by atoms with Gasteiger partial charge in [-0.3, -0.25) is 4.90 Å². The number of piperazine rings is 1. The highest BCUT2D eigenvalue weighted by atomic mass is 16.2. The fourth-order valence-corrected chi connectivity index (χ4v) is 5.33. The highest BCUT2D eigenvalue weighted by Crippen LogP contribution is 2.46. The number of aliphatic hydroxyl groups is 1. The van der Waals surface area contributed by atoms with Crippen LogP contribution in [0.5, 0.6) is 0 Å². The van der Waals surface area contributed by atoms with Crippen LogP contribution >= 0.6 is 0 Å². The number of anilines is 1. The molecule has 4 rings (SSSR count). The average Bonchev–Trinajstić information content (AvgIpc) is 2.80. The van der Waals surface area contributed by atoms with E-state index in [0.717, 1.165) is 57.1 Å². The molecule has 1 aromatic carbocycles. The predicted molar refractivity (Wildman–Crippen MR) is 135 cm³/mol. The SMILES string of the molecule is CC1(C)CCC(C)(C)c2cc(-c3cccc(N4CCN(CCCCCO)CC4)n3)ccc21. The van der Waals surface area contributed by atoms with Gasteiger partial charge in [0.15, 0.2) is 0 Å². The van der Waals surface area contributed by atoms with Crippen LogP contribution in [0.2, 0.25) is 0 Å². The van der Waals surface area contributed by atoms with Gasteiger partial charge in [-0.1, -0.05) is 45.9 Å². The van der Waals surface area contributed by atoms with Gasteiger partial charge in [-0.2, -0.15) is 0 Å². The third-order valence-corrected chi connectivity index (χ3v) is 7.71. The van der Waals surface area contributed by atoms with Crippen molar-refractivity contribution < 1.29 is 5.11 Å². The first-order valence-corrected chi connectivity index (χ1v) is 12.5. The molecule has 4 heteroatoms. The summed E-state index contributed by atoms with van der Waals surface area (Å²) in [6.07, 6.45) is 5.70. The Morgan fingerprint density at radius 1 is 0.844 bits per heavy atom. The van der Waals surface area contributed by atoms with Crippen LogP contribution in [-0.2, 0) is 10.8 Å². The van der Waals surface area contributed by atoms with Gasteiger partial charge in [0, 0.05) is 38.3 Å². The second-order valence-corrected chi connectivity index (χ2v) is 11.0. The number of aliphatic hydroxyl groups excluding tert-OH is 1. The lowest BCUT2D eigenvalue weighted by Crippen LogP contribution is -2.46. The van der Waals surface area contributed by atoms with Gasteiger partial charge in [0.05, 0.1) is 5.69 Å². The number of fused-ring (bicyclic) bond motifs is 1. The molecule has 174 valence electrons. The lowest BCUT2D eigenvalue weighted by atomic mass is 9.63. The molecule has 0 saturated carbocycles. The normalized spacial score (nSPS) is 20.2. The second kappa shape index (κ2) is 9.52. The number of pyridine rings is 1. The van der Waals surface area contributed by atoms with Gasteiger partial charge in [0.2, 0.25) is 0 Å². The highest BCUT2D eigenvalue weighted by molar-refractivity contribution is 5.65. The lowest BCUT2D eigenvalue weighted by molar-refractivity contribution is 0.242. The van der Waals surface area contributed by atoms with Gasteiger partial charge < -0.3 is 10.0 Å². The number of benzene rings is 1. The van der Waals surface area contributed by atoms with E-state index in [0.29, 0.717) is 6.61 Å². The first-order chi connectivity index (χ1) is 15.3. The Kier molecular flexibility index (Phi) is 6.92. The van der Waals surface area contributed by atoms with Gasteiger partial charge in [-0.15, -0.1) is 0 Å². The van der Waals surface area contributed by atoms with Crippen molar-refractivity contribution in [1.29, 1.82) is 0 Å². The summed E-state index contributed by atoms with van der Waals surface area (Å²) in [5.41, 5.74) is 5.77. The molecule has 1 aromatic heterocycles. The quantitative estimate of drug-likeness (QED) is 0.593. The maximum absolute atomic E-state index is 8.95. The molecule has 1 aliphatic heterocycles. The van der Waals surface area contributed by atoms with Crippen molar-refractivity contribution in [2.24, 2.45) is 0 Å². The molecule has 1 N–H and O–H groups in total. The minimum absolute atomic E-state index is 0.214. The summed E-state index contributed by atoms with van der Waals surface area (Å²) in [4.78, 5) is 10.1. The van der Waals surface area contributed by atoms with Crippen LogP contribution in [0.25, 0.3) is 11.3 Å². The Balaban J connectivity index is 1.47. The summed E-state index contributed by atoms with van der Waals surface area (Å²) in [5, 5.41) is 8.95. The van der Waals surface area contributed by atoms with Crippen molar-refractivity contribution in [3.63, 3.8) is 0 Å². The van der Waals surface area contributed by atoms with E-state index in [1.165, 1.54) is 36.0 Å². The third kappa shape index (κ3) is 5.02. The fourth-order valence-electron chi connectivity index (χ4n) is 5.33. The number of hydrogen-bond donors (Lipinski definition) is 1. The van der Waals surface area contributed by atoms with Crippen LogP contribution in [0.1, 0.15) is 70.9 Å². The van der Waals surface area contributed by atoms with E-state index in [9.17, 15) is 0 Å². The van der Waals surface area contributed by atoms with Gasteiger partial charge in [0.1, 0.15) is 5.82 Å². The van der Waals surface area contributed by atoms with Crippen molar-refractivity contribution >= 4 is 5.82 Å². The zero-order chi connectivity index (χ0) is 22.8. The van der Waals surface area contributed by atoms with Crippen molar-refractivity contribution in [2.75, 3.05) is 44.2 Å². The van der Waals surface area contributed by atoms with Crippen LogP contribution in [0, 0.1) is 0 Å². The molecule has 2 aliphatic rings. The molecule has 1 saturated heterocycles. The van der Waals surface area contributed by atoms with Crippen LogP contribution in [-0.4, -0.2) is 54.3 Å². The summed E-state index contributed by atoms with van der Waals surface area (Å²) in [7, 11) is 0. The maximum Gasteiger partial charge on any atom is 0.129 e. The van der Waals surface area contributed by atoms with Crippen LogP contribution in [0.15, 0.2) is 36.4 Å². The summed E-state index contributed by atoms with van der Waals surface area (Å²) < 4.78 is 0. The second-order valence-electron chi connectivity index (χ2n) is 11.0. The smallest absolute Gasteiger partial charge is 0.129 e. The molecule has 2 aromatic rings. The van der Waals surface area contributed by atoms with Crippen LogP contribution < -0.4 is 4.90 Å². The number of aromatic nitrogens is 1. The highest BCUT2D eigenvalue weighted by Gasteiger charge is 2.37. The fraction of sp³-hybridized carbons (Fsp3) is 0.607. The number of unbranched alkanes of at least 4 members (excludes halogenated alkanes) is 2. The van der Waals surface area contributed by atoms with E-state index in [2.05, 4.69) is 73.9 Å². The molecule has 0 bridgehead atoms. The van der Waals surface area contributed by atoms with Crippen molar-refractivity contribution in [2.45, 2.75) is 70.6 Å². The van der Waals surface area contributed by atoms with E-state index in [4.69, 9.17) is 10.1 Å². The summed E-state index contributed by atoms with van der Waals surface area (Å²) >= 11 is 0. The number of hydrogen-bond acceptors (Lipinski definition) is 4. The Morgan fingerprint density at radius 3 is 2.28 bits per heavy atom. The van der Waals surface area contributed by atoms with E-state index in [-0.39, 0.29) is 10.8 Å². The maximum atomic E-state index is 8.95. The lowest BCUT2D eigenvalue weighted by Gasteiger charge is -2.42. The van der Waals surface area contributed by atoms with E-state index in [1.807, 2.05) is 0 Å². The zero-order valence-electron chi connectivity index (χ0n) is 20.5. The molecule has 0 amide bonds. The molecule has 0 radical (unpaired) electrons. The molecule has 0 spiro atoms. The first kappa shape index (κ1) is 23.3. The van der Waals surface area contributed by atoms with Crippen molar-refractivity contribution in [3.05, 3.63) is 47.5 Å². The molecule has 4 nitrogen and oxygen atoms in total. The van der Waals surface area contributed by atoms with Crippen LogP contribution in [0.4, 0.5) is 5.82 Å². The minimum atomic E-state index is 0.214. The Hall–Kier alpha value is -1.91. The molecule has 1 aliphatic carbocycles. The van der Waals surface area contributed by atoms with E-state index in [1.54, 1.807) is 0 Å². The van der Waals surface area contributed by atoms with Gasteiger partial charge in [0.25, 0.3) is 0 Å². The minimum Gasteiger partial charge on any atom is -0.396 e. The Morgan fingerprint density at radius 2 is 1.56 bits per heavy atom. The summed E-state index contributed by atoms with van der Waals surface area (Å²) in [6.45, 7) is 15.2. The molecule has 0 unspecified atom stereocenters. The van der Waals surface area contributed by atoms with Gasteiger partial charge in [-0.05, 0) is 78.8 Å². The van der Waals surface area contributed by atoms with E-state index < -0.39 is 0 Å². The largest absolute Gasteiger partial charge is 0.396 e. The molecule has 1 fully saturated rings. The Labute approximate surface area is 194 Å². The number of nitrogens with zero attached hydrogens (tertiary/aromatic N) is 3. The average molecular weight is 436 g/mol. The number of rotatable bonds is 7. The molecule has 2 heterocycles. The molecule has 32 heavy (non-hydrogen) atoms. The third-order valence-electron chi connectivity index (χ3n) is 7.71. The van der Waals surface area contributed by atoms with Gasteiger partial charge in [-0.25, -0.2) is 4.98 Å². The van der Waals surface area contributed by atoms with Crippen molar-refractivity contribution in [3.8, 4) is 11.3 Å². The predicted octanol–water partition coefficient (Wildman–Crippen LogP) is 5.38. The Bertz CT molecular complexity index is 913. The first-order valence-electron chi connectivity index (χ1n) is 12.5. The van der Waals surface area contributed by atoms with Crippen molar-refractivity contribution in [1.82, 2.24) is 9.88 Å². The van der Waals surface area contributed by atoms with E-state index >= 15 is 0 Å². The summed E-state index contributed by atoms with van der Waals surface area (Å²) in [5.74, 6) is 1.10. The molecular formula is C28H41N3O. The zero-order valence-corrected chi connectivity index (χ0v) is 20.5. The topological polar surface area (TPSA) is 39.6 Å². The van der Waals surface area contributed by atoms with Crippen LogP contribution in [0.3, 0.4) is 0 Å². The monoisotopic (exact) mass is 435 g/mol. The molecular weight excluding hydrogens is 394 g/mol. The van der Waals surface area contributed by atoms with Gasteiger partial charge >= 0.3 is 0 Å². The molecule has 0 atom stereocenters.